The van der Waals surface area contributed by atoms with Crippen molar-refractivity contribution in [3.63, 3.8) is 0 Å². The maximum atomic E-state index is 12.9. The highest BCUT2D eigenvalue weighted by atomic mass is 32.2. The van der Waals surface area contributed by atoms with E-state index in [1.807, 2.05) is 36.1 Å². The van der Waals surface area contributed by atoms with Crippen LogP contribution in [0.3, 0.4) is 0 Å². The topological polar surface area (TPSA) is 62.3 Å². The molecule has 154 valence electrons. The van der Waals surface area contributed by atoms with E-state index in [0.29, 0.717) is 16.8 Å². The number of amides is 2. The molecule has 2 heterocycles. The Bertz CT molecular complexity index is 1040. The molecule has 7 heteroatoms. The van der Waals surface area contributed by atoms with Crippen molar-refractivity contribution in [3.8, 4) is 0 Å². The van der Waals surface area contributed by atoms with Crippen LogP contribution < -0.4 is 5.32 Å². The number of thioether (sulfide) groups is 1. The van der Waals surface area contributed by atoms with Crippen LogP contribution in [0, 0.1) is 6.92 Å². The maximum Gasteiger partial charge on any atom is 0.256 e. The molecule has 0 spiro atoms. The lowest BCUT2D eigenvalue weighted by molar-refractivity contribution is 0.0792. The normalized spacial score (nSPS) is 13.4. The minimum Gasteiger partial charge on any atom is -0.339 e. The quantitative estimate of drug-likeness (QED) is 0.536. The highest BCUT2D eigenvalue weighted by Crippen LogP contribution is 2.27. The molecule has 1 saturated heterocycles. The van der Waals surface area contributed by atoms with Crippen LogP contribution in [0.15, 0.2) is 58.8 Å². The average molecular weight is 438 g/mol. The molecule has 1 aliphatic rings. The zero-order valence-electron chi connectivity index (χ0n) is 16.8. The van der Waals surface area contributed by atoms with E-state index in [9.17, 15) is 9.59 Å². The Balaban J connectivity index is 1.41. The number of benzene rings is 2. The summed E-state index contributed by atoms with van der Waals surface area (Å²) in [6.07, 6.45) is 2.14. The monoisotopic (exact) mass is 437 g/mol. The number of nitrogens with one attached hydrogen (secondary N) is 1. The number of likely N-dealkylation sites (tertiary alicyclic amines) is 1. The van der Waals surface area contributed by atoms with Gasteiger partial charge in [-0.3, -0.25) is 9.59 Å². The summed E-state index contributed by atoms with van der Waals surface area (Å²) in [6, 6.07) is 14.7. The van der Waals surface area contributed by atoms with Gasteiger partial charge >= 0.3 is 0 Å². The van der Waals surface area contributed by atoms with Gasteiger partial charge in [-0.05, 0) is 56.2 Å². The van der Waals surface area contributed by atoms with Crippen molar-refractivity contribution in [2.75, 3.05) is 18.4 Å². The van der Waals surface area contributed by atoms with Gasteiger partial charge in [0.25, 0.3) is 11.8 Å². The predicted octanol–water partition coefficient (Wildman–Crippen LogP) is 5.23. The van der Waals surface area contributed by atoms with Crippen molar-refractivity contribution < 1.29 is 9.59 Å². The molecule has 5 nitrogen and oxygen atoms in total. The van der Waals surface area contributed by atoms with E-state index in [-0.39, 0.29) is 11.8 Å². The molecule has 0 aliphatic carbocycles. The van der Waals surface area contributed by atoms with E-state index >= 15 is 0 Å². The third kappa shape index (κ3) is 4.91. The Morgan fingerprint density at radius 2 is 1.83 bits per heavy atom. The molecule has 1 aliphatic heterocycles. The maximum absolute atomic E-state index is 12.9. The molecule has 1 aromatic heterocycles. The molecule has 0 atom stereocenters. The third-order valence-corrected chi connectivity index (χ3v) is 6.89. The second-order valence-corrected chi connectivity index (χ2v) is 9.25. The summed E-state index contributed by atoms with van der Waals surface area (Å²) in [4.78, 5) is 32.6. The molecule has 0 bridgehead atoms. The van der Waals surface area contributed by atoms with Crippen molar-refractivity contribution in [2.45, 2.75) is 30.4 Å². The third-order valence-electron chi connectivity index (χ3n) is 4.96. The molecule has 0 unspecified atom stereocenters. The highest BCUT2D eigenvalue weighted by molar-refractivity contribution is 7.98. The summed E-state index contributed by atoms with van der Waals surface area (Å²) in [5, 5.41) is 6.04. The number of rotatable bonds is 6. The van der Waals surface area contributed by atoms with Crippen LogP contribution in [0.1, 0.15) is 44.3 Å². The number of aryl methyl sites for hydroxylation is 1. The average Bonchev–Trinajstić information content (AvgIpc) is 3.44. The summed E-state index contributed by atoms with van der Waals surface area (Å²) in [7, 11) is 0. The molecule has 2 aromatic carbocycles. The fourth-order valence-corrected chi connectivity index (χ4v) is 5.06. The number of anilines is 1. The Kier molecular flexibility index (Phi) is 6.50. The number of nitrogens with zero attached hydrogens (tertiary/aromatic N) is 2. The SMILES string of the molecule is Cc1nc(CSc2ccccc2C(=O)Nc2ccc(C(=O)N3CCCC3)cc2)cs1. The minimum atomic E-state index is -0.161. The largest absolute Gasteiger partial charge is 0.339 e. The van der Waals surface area contributed by atoms with Crippen LogP contribution in [0.2, 0.25) is 0 Å². The predicted molar refractivity (Wildman–Crippen MR) is 122 cm³/mol. The van der Waals surface area contributed by atoms with Crippen LogP contribution in [0.5, 0.6) is 0 Å². The Morgan fingerprint density at radius 1 is 1.10 bits per heavy atom. The Labute approximate surface area is 184 Å². The Hall–Kier alpha value is -2.64. The van der Waals surface area contributed by atoms with Gasteiger partial charge in [-0.1, -0.05) is 12.1 Å². The number of thiazole rings is 1. The van der Waals surface area contributed by atoms with Crippen molar-refractivity contribution >= 4 is 40.6 Å². The molecule has 30 heavy (non-hydrogen) atoms. The van der Waals surface area contributed by atoms with Gasteiger partial charge in [0.2, 0.25) is 0 Å². The molecule has 1 fully saturated rings. The number of hydrogen-bond acceptors (Lipinski definition) is 5. The van der Waals surface area contributed by atoms with E-state index in [1.54, 1.807) is 47.4 Å². The summed E-state index contributed by atoms with van der Waals surface area (Å²) in [5.74, 6) is 0.623. The van der Waals surface area contributed by atoms with Gasteiger partial charge in [0.1, 0.15) is 0 Å². The highest BCUT2D eigenvalue weighted by Gasteiger charge is 2.19. The second-order valence-electron chi connectivity index (χ2n) is 7.17. The number of aromatic nitrogens is 1. The van der Waals surface area contributed by atoms with Crippen molar-refractivity contribution in [1.82, 2.24) is 9.88 Å². The molecule has 1 N–H and O–H groups in total. The fraction of sp³-hybridized carbons (Fsp3) is 0.261. The first-order valence-electron chi connectivity index (χ1n) is 9.94. The van der Waals surface area contributed by atoms with E-state index < -0.39 is 0 Å². The fourth-order valence-electron chi connectivity index (χ4n) is 3.40. The summed E-state index contributed by atoms with van der Waals surface area (Å²) < 4.78 is 0. The van der Waals surface area contributed by atoms with E-state index in [1.165, 1.54) is 0 Å². The molecule has 3 aromatic rings. The summed E-state index contributed by atoms with van der Waals surface area (Å²) >= 11 is 3.24. The zero-order chi connectivity index (χ0) is 20.9. The number of hydrogen-bond donors (Lipinski definition) is 1. The van der Waals surface area contributed by atoms with Gasteiger partial charge in [-0.25, -0.2) is 4.98 Å². The second kappa shape index (κ2) is 9.45. The van der Waals surface area contributed by atoms with Crippen LogP contribution in [0.25, 0.3) is 0 Å². The van der Waals surface area contributed by atoms with E-state index in [2.05, 4.69) is 15.7 Å². The molecule has 2 amide bonds. The van der Waals surface area contributed by atoms with Crippen LogP contribution >= 0.6 is 23.1 Å². The molecule has 0 radical (unpaired) electrons. The van der Waals surface area contributed by atoms with Crippen LogP contribution in [0.4, 0.5) is 5.69 Å². The van der Waals surface area contributed by atoms with Crippen molar-refractivity contribution in [2.24, 2.45) is 0 Å². The summed E-state index contributed by atoms with van der Waals surface area (Å²) in [5.41, 5.74) is 2.99. The zero-order valence-corrected chi connectivity index (χ0v) is 18.4. The lowest BCUT2D eigenvalue weighted by Gasteiger charge is -2.15. The minimum absolute atomic E-state index is 0.0596. The van der Waals surface area contributed by atoms with Crippen LogP contribution in [-0.4, -0.2) is 34.8 Å². The number of carbonyl (C=O) groups excluding carboxylic acids is 2. The first-order chi connectivity index (χ1) is 14.6. The Morgan fingerprint density at radius 3 is 2.53 bits per heavy atom. The molecular weight excluding hydrogens is 414 g/mol. The van der Waals surface area contributed by atoms with Gasteiger partial charge in [-0.15, -0.1) is 23.1 Å². The number of carbonyl (C=O) groups is 2. The van der Waals surface area contributed by atoms with Crippen molar-refractivity contribution in [1.29, 1.82) is 0 Å². The lowest BCUT2D eigenvalue weighted by Crippen LogP contribution is -2.27. The van der Waals surface area contributed by atoms with Gasteiger partial charge in [0, 0.05) is 40.4 Å². The molecular formula is C23H23N3O2S2. The van der Waals surface area contributed by atoms with Crippen molar-refractivity contribution in [3.05, 3.63) is 75.7 Å². The standard InChI is InChI=1S/C23H23N3O2S2/c1-16-24-19(14-29-16)15-30-21-7-3-2-6-20(21)22(27)25-18-10-8-17(9-11-18)23(28)26-12-4-5-13-26/h2-3,6-11,14H,4-5,12-13,15H2,1H3,(H,25,27). The lowest BCUT2D eigenvalue weighted by atomic mass is 10.1. The first-order valence-corrected chi connectivity index (χ1v) is 11.8. The summed E-state index contributed by atoms with van der Waals surface area (Å²) in [6.45, 7) is 3.64. The van der Waals surface area contributed by atoms with Crippen LogP contribution in [-0.2, 0) is 5.75 Å². The smallest absolute Gasteiger partial charge is 0.256 e. The van der Waals surface area contributed by atoms with Gasteiger partial charge in [0.15, 0.2) is 0 Å². The molecule has 4 rings (SSSR count). The van der Waals surface area contributed by atoms with Gasteiger partial charge in [0.05, 0.1) is 16.3 Å². The van der Waals surface area contributed by atoms with Gasteiger partial charge < -0.3 is 10.2 Å². The first kappa shape index (κ1) is 20.6. The van der Waals surface area contributed by atoms with E-state index in [4.69, 9.17) is 0 Å². The molecule has 0 saturated carbocycles. The van der Waals surface area contributed by atoms with Gasteiger partial charge in [-0.2, -0.15) is 0 Å². The van der Waals surface area contributed by atoms with E-state index in [0.717, 1.165) is 47.3 Å².